The van der Waals surface area contributed by atoms with E-state index in [1.807, 2.05) is 0 Å². The largest absolute Gasteiger partial charge is 0.353 e. The van der Waals surface area contributed by atoms with Crippen molar-refractivity contribution in [2.75, 3.05) is 13.1 Å². The van der Waals surface area contributed by atoms with Crippen LogP contribution in [0.25, 0.3) is 0 Å². The van der Waals surface area contributed by atoms with Crippen molar-refractivity contribution in [2.45, 2.75) is 50.0 Å². The fraction of sp³-hybridized carbons (Fsp3) is 0.556. The number of nitro benzene ring substituents is 1. The molecule has 0 aliphatic heterocycles. The molecule has 29 heavy (non-hydrogen) atoms. The molecule has 0 spiro atoms. The molecule has 0 unspecified atom stereocenters. The number of nitrogens with one attached hydrogen (secondary N) is 3. The zero-order valence-corrected chi connectivity index (χ0v) is 17.0. The van der Waals surface area contributed by atoms with E-state index in [9.17, 15) is 28.1 Å². The molecule has 1 fully saturated rings. The monoisotopic (exact) mass is 426 g/mol. The molecule has 1 aliphatic carbocycles. The molecule has 1 aromatic rings. The summed E-state index contributed by atoms with van der Waals surface area (Å²) in [7, 11) is -4.11. The molecule has 0 aromatic heterocycles. The van der Waals surface area contributed by atoms with Crippen LogP contribution in [0.3, 0.4) is 0 Å². The van der Waals surface area contributed by atoms with Crippen molar-refractivity contribution >= 4 is 27.5 Å². The number of carbonyl (C=O) groups excluding carboxylic acids is 2. The van der Waals surface area contributed by atoms with Gasteiger partial charge in [-0.1, -0.05) is 31.4 Å². The van der Waals surface area contributed by atoms with Crippen molar-refractivity contribution < 1.29 is 22.9 Å². The van der Waals surface area contributed by atoms with Gasteiger partial charge in [0.2, 0.25) is 21.8 Å². The number of nitrogens with zero attached hydrogens (tertiary/aromatic N) is 1. The summed E-state index contributed by atoms with van der Waals surface area (Å²) in [5.41, 5.74) is -0.521. The predicted molar refractivity (Wildman–Crippen MR) is 105 cm³/mol. The number of benzene rings is 1. The number of nitro groups is 1. The molecule has 2 rings (SSSR count). The Morgan fingerprint density at radius 2 is 1.83 bits per heavy atom. The molecule has 0 radical (unpaired) electrons. The zero-order valence-electron chi connectivity index (χ0n) is 16.2. The third-order valence-corrected chi connectivity index (χ3v) is 6.34. The van der Waals surface area contributed by atoms with Crippen LogP contribution in [0.5, 0.6) is 0 Å². The van der Waals surface area contributed by atoms with E-state index in [4.69, 9.17) is 0 Å². The topological polar surface area (TPSA) is 148 Å². The Bertz CT molecular complexity index is 852. The lowest BCUT2D eigenvalue weighted by Crippen LogP contribution is -2.51. The summed E-state index contributed by atoms with van der Waals surface area (Å²) in [6.07, 6.45) is 4.82. The Morgan fingerprint density at radius 1 is 1.17 bits per heavy atom. The minimum Gasteiger partial charge on any atom is -0.353 e. The molecule has 1 aromatic carbocycles. The van der Waals surface area contributed by atoms with E-state index in [1.165, 1.54) is 19.1 Å². The zero-order chi connectivity index (χ0) is 21.4. The predicted octanol–water partition coefficient (Wildman–Crippen LogP) is 1.07. The third-order valence-electron chi connectivity index (χ3n) is 4.83. The Hall–Kier alpha value is -2.53. The second kappa shape index (κ2) is 10.3. The van der Waals surface area contributed by atoms with Gasteiger partial charge in [0.15, 0.2) is 4.90 Å². The molecule has 0 bridgehead atoms. The van der Waals surface area contributed by atoms with Gasteiger partial charge in [-0.05, 0) is 24.8 Å². The Kier molecular flexibility index (Phi) is 8.09. The Morgan fingerprint density at radius 3 is 2.45 bits per heavy atom. The minimum atomic E-state index is -4.11. The van der Waals surface area contributed by atoms with Crippen LogP contribution in [0.4, 0.5) is 5.69 Å². The SMILES string of the molecule is CC(=O)N[C@H](C(=O)NCCNS(=O)(=O)c1ccccc1[N+](=O)[O-])C1CCCCC1. The maximum absolute atomic E-state index is 12.5. The van der Waals surface area contributed by atoms with Crippen LogP contribution < -0.4 is 15.4 Å². The van der Waals surface area contributed by atoms with Gasteiger partial charge in [0.25, 0.3) is 5.69 Å². The number of carbonyl (C=O) groups is 2. The van der Waals surface area contributed by atoms with Gasteiger partial charge in [-0.15, -0.1) is 0 Å². The van der Waals surface area contributed by atoms with Crippen LogP contribution in [-0.2, 0) is 19.6 Å². The molecule has 10 nitrogen and oxygen atoms in total. The number of para-hydroxylation sites is 1. The quantitative estimate of drug-likeness (QED) is 0.306. The molecule has 0 heterocycles. The maximum atomic E-state index is 12.5. The van der Waals surface area contributed by atoms with E-state index in [-0.39, 0.29) is 30.8 Å². The number of hydrogen-bond acceptors (Lipinski definition) is 6. The first-order valence-electron chi connectivity index (χ1n) is 9.50. The lowest BCUT2D eigenvalue weighted by molar-refractivity contribution is -0.387. The molecular weight excluding hydrogens is 400 g/mol. The maximum Gasteiger partial charge on any atom is 0.289 e. The summed E-state index contributed by atoms with van der Waals surface area (Å²) in [5.74, 6) is -0.610. The molecule has 160 valence electrons. The van der Waals surface area contributed by atoms with Gasteiger partial charge in [-0.2, -0.15) is 0 Å². The lowest BCUT2D eigenvalue weighted by Gasteiger charge is -2.29. The first kappa shape index (κ1) is 22.8. The van der Waals surface area contributed by atoms with Crippen molar-refractivity contribution in [3.63, 3.8) is 0 Å². The average molecular weight is 426 g/mol. The summed E-state index contributed by atoms with van der Waals surface area (Å²) in [6.45, 7) is 1.20. The summed E-state index contributed by atoms with van der Waals surface area (Å²) in [6, 6.07) is 4.38. The highest BCUT2D eigenvalue weighted by atomic mass is 32.2. The Balaban J connectivity index is 1.93. The summed E-state index contributed by atoms with van der Waals surface area (Å²) >= 11 is 0. The van der Waals surface area contributed by atoms with Crippen molar-refractivity contribution in [3.05, 3.63) is 34.4 Å². The summed E-state index contributed by atoms with van der Waals surface area (Å²) in [5, 5.41) is 16.3. The minimum absolute atomic E-state index is 0.0124. The first-order valence-corrected chi connectivity index (χ1v) is 11.0. The normalized spacial score (nSPS) is 16.0. The second-order valence-electron chi connectivity index (χ2n) is 6.99. The molecular formula is C18H26N4O6S. The molecule has 1 atom stereocenters. The molecule has 3 N–H and O–H groups in total. The van der Waals surface area contributed by atoms with Gasteiger partial charge in [0.05, 0.1) is 4.92 Å². The highest BCUT2D eigenvalue weighted by molar-refractivity contribution is 7.89. The molecule has 1 saturated carbocycles. The molecule has 1 aliphatic rings. The van der Waals surface area contributed by atoms with Gasteiger partial charge < -0.3 is 10.6 Å². The fourth-order valence-corrected chi connectivity index (χ4v) is 4.68. The Labute approximate surface area is 169 Å². The van der Waals surface area contributed by atoms with E-state index >= 15 is 0 Å². The standard InChI is InChI=1S/C18H26N4O6S/c1-13(23)21-17(14-7-3-2-4-8-14)18(24)19-11-12-20-29(27,28)16-10-6-5-9-15(16)22(25)26/h5-6,9-10,14,17,20H,2-4,7-8,11-12H2,1H3,(H,19,24)(H,21,23)/t17-/m0/s1. The lowest BCUT2D eigenvalue weighted by atomic mass is 9.83. The van der Waals surface area contributed by atoms with E-state index in [0.29, 0.717) is 0 Å². The van der Waals surface area contributed by atoms with Gasteiger partial charge in [-0.3, -0.25) is 19.7 Å². The van der Waals surface area contributed by atoms with Gasteiger partial charge >= 0.3 is 0 Å². The van der Waals surface area contributed by atoms with E-state index in [1.54, 1.807) is 0 Å². The van der Waals surface area contributed by atoms with Crippen LogP contribution in [0, 0.1) is 16.0 Å². The summed E-state index contributed by atoms with van der Waals surface area (Å²) in [4.78, 5) is 33.8. The highest BCUT2D eigenvalue weighted by Gasteiger charge is 2.30. The molecule has 0 saturated heterocycles. The first-order chi connectivity index (χ1) is 13.7. The van der Waals surface area contributed by atoms with Crippen molar-refractivity contribution in [2.24, 2.45) is 5.92 Å². The van der Waals surface area contributed by atoms with Crippen LogP contribution in [-0.4, -0.2) is 44.3 Å². The number of hydrogen-bond donors (Lipinski definition) is 3. The van der Waals surface area contributed by atoms with E-state index in [0.717, 1.165) is 44.2 Å². The van der Waals surface area contributed by atoms with E-state index in [2.05, 4.69) is 15.4 Å². The van der Waals surface area contributed by atoms with Crippen LogP contribution >= 0.6 is 0 Å². The van der Waals surface area contributed by atoms with Crippen LogP contribution in [0.15, 0.2) is 29.2 Å². The van der Waals surface area contributed by atoms with Crippen LogP contribution in [0.1, 0.15) is 39.0 Å². The van der Waals surface area contributed by atoms with Crippen molar-refractivity contribution in [1.29, 1.82) is 0 Å². The fourth-order valence-electron chi connectivity index (χ4n) is 3.48. The highest BCUT2D eigenvalue weighted by Crippen LogP contribution is 2.26. The molecule has 2 amide bonds. The van der Waals surface area contributed by atoms with Gasteiger partial charge in [0, 0.05) is 26.1 Å². The third kappa shape index (κ3) is 6.50. The van der Waals surface area contributed by atoms with Gasteiger partial charge in [-0.25, -0.2) is 13.1 Å². The smallest absolute Gasteiger partial charge is 0.289 e. The number of amides is 2. The van der Waals surface area contributed by atoms with Gasteiger partial charge in [0.1, 0.15) is 6.04 Å². The number of sulfonamides is 1. The van der Waals surface area contributed by atoms with Crippen LogP contribution in [0.2, 0.25) is 0 Å². The summed E-state index contributed by atoms with van der Waals surface area (Å²) < 4.78 is 26.9. The number of rotatable bonds is 9. The van der Waals surface area contributed by atoms with Crippen molar-refractivity contribution in [3.8, 4) is 0 Å². The second-order valence-corrected chi connectivity index (χ2v) is 8.73. The van der Waals surface area contributed by atoms with Crippen molar-refractivity contribution in [1.82, 2.24) is 15.4 Å². The average Bonchev–Trinajstić information content (AvgIpc) is 2.69. The molecule has 11 heteroatoms. The van der Waals surface area contributed by atoms with E-state index < -0.39 is 31.6 Å².